The molecule has 3 nitrogen and oxygen atoms in total. The topological polar surface area (TPSA) is 40.7 Å². The van der Waals surface area contributed by atoms with E-state index in [-0.39, 0.29) is 0 Å². The van der Waals surface area contributed by atoms with E-state index in [0.29, 0.717) is 6.04 Å². The Hall–Kier alpha value is -1.13. The van der Waals surface area contributed by atoms with E-state index in [1.54, 1.807) is 11.3 Å². The summed E-state index contributed by atoms with van der Waals surface area (Å²) in [4.78, 5) is 1.40. The molecular formula is C11H15N3S. The molecule has 2 aromatic heterocycles. The van der Waals surface area contributed by atoms with Gasteiger partial charge >= 0.3 is 0 Å². The molecule has 2 N–H and O–H groups in total. The van der Waals surface area contributed by atoms with Crippen molar-refractivity contribution in [3.8, 4) is 0 Å². The number of nitrogens with one attached hydrogen (secondary N) is 2. The Balaban J connectivity index is 1.92. The normalized spacial score (nSPS) is 12.9. The van der Waals surface area contributed by atoms with Crippen LogP contribution in [0.15, 0.2) is 29.9 Å². The van der Waals surface area contributed by atoms with E-state index in [4.69, 9.17) is 0 Å². The maximum Gasteiger partial charge on any atom is 0.0532 e. The second-order valence-electron chi connectivity index (χ2n) is 3.46. The highest BCUT2D eigenvalue weighted by Gasteiger charge is 2.09. The first-order valence-corrected chi connectivity index (χ1v) is 6.02. The molecule has 80 valence electrons. The lowest BCUT2D eigenvalue weighted by Gasteiger charge is -2.14. The lowest BCUT2D eigenvalue weighted by Crippen LogP contribution is -2.18. The summed E-state index contributed by atoms with van der Waals surface area (Å²) >= 11 is 1.81. The van der Waals surface area contributed by atoms with E-state index >= 15 is 0 Å². The number of nitrogens with zero attached hydrogens (tertiary/aromatic N) is 1. The molecule has 0 aromatic carbocycles. The molecule has 1 atom stereocenters. The smallest absolute Gasteiger partial charge is 0.0532 e. The molecular weight excluding hydrogens is 206 g/mol. The van der Waals surface area contributed by atoms with Crippen molar-refractivity contribution in [1.82, 2.24) is 15.5 Å². The molecule has 0 aliphatic heterocycles. The van der Waals surface area contributed by atoms with Crippen molar-refractivity contribution in [3.05, 3.63) is 40.3 Å². The van der Waals surface area contributed by atoms with Gasteiger partial charge in [0.05, 0.1) is 6.20 Å². The van der Waals surface area contributed by atoms with Gasteiger partial charge in [0, 0.05) is 29.2 Å². The van der Waals surface area contributed by atoms with Crippen LogP contribution >= 0.6 is 11.3 Å². The van der Waals surface area contributed by atoms with Crippen LogP contribution in [0.1, 0.15) is 29.8 Å². The molecule has 0 fully saturated rings. The third-order valence-electron chi connectivity index (χ3n) is 2.40. The Bertz CT molecular complexity index is 366. The van der Waals surface area contributed by atoms with Crippen molar-refractivity contribution >= 4 is 11.3 Å². The van der Waals surface area contributed by atoms with Gasteiger partial charge in [0.15, 0.2) is 0 Å². The molecule has 0 bridgehead atoms. The van der Waals surface area contributed by atoms with Crippen molar-refractivity contribution in [2.45, 2.75) is 25.9 Å². The van der Waals surface area contributed by atoms with Crippen LogP contribution in [0.3, 0.4) is 0 Å². The van der Waals surface area contributed by atoms with Gasteiger partial charge in [0.25, 0.3) is 0 Å². The molecule has 2 heterocycles. The average Bonchev–Trinajstić information content (AvgIpc) is 2.90. The van der Waals surface area contributed by atoms with Gasteiger partial charge in [-0.15, -0.1) is 11.3 Å². The molecule has 1 unspecified atom stereocenters. The molecule has 0 aliphatic carbocycles. The second-order valence-corrected chi connectivity index (χ2v) is 4.44. The van der Waals surface area contributed by atoms with Crippen molar-refractivity contribution in [2.24, 2.45) is 0 Å². The standard InChI is InChI=1S/C11H15N3S/c1-2-10(11-4-3-5-15-11)12-6-9-7-13-14-8-9/h3-5,7-8,10,12H,2,6H2,1H3,(H,13,14). The van der Waals surface area contributed by atoms with Crippen LogP contribution in [0.4, 0.5) is 0 Å². The van der Waals surface area contributed by atoms with Crippen LogP contribution in [-0.4, -0.2) is 10.2 Å². The average molecular weight is 221 g/mol. The predicted octanol–water partition coefficient (Wildman–Crippen LogP) is 2.71. The fourth-order valence-electron chi connectivity index (χ4n) is 1.55. The van der Waals surface area contributed by atoms with Gasteiger partial charge < -0.3 is 5.32 Å². The third-order valence-corrected chi connectivity index (χ3v) is 3.39. The Morgan fingerprint density at radius 3 is 3.13 bits per heavy atom. The van der Waals surface area contributed by atoms with Gasteiger partial charge in [0.2, 0.25) is 0 Å². The Morgan fingerprint density at radius 1 is 1.60 bits per heavy atom. The van der Waals surface area contributed by atoms with Crippen LogP contribution in [0.2, 0.25) is 0 Å². The molecule has 4 heteroatoms. The summed E-state index contributed by atoms with van der Waals surface area (Å²) in [7, 11) is 0. The molecule has 0 radical (unpaired) electrons. The number of H-pyrrole nitrogens is 1. The Kier molecular flexibility index (Phi) is 3.53. The first-order chi connectivity index (χ1) is 7.40. The molecule has 0 saturated carbocycles. The predicted molar refractivity (Wildman–Crippen MR) is 62.8 cm³/mol. The number of hydrogen-bond acceptors (Lipinski definition) is 3. The number of thiophene rings is 1. The van der Waals surface area contributed by atoms with E-state index in [1.807, 2.05) is 12.4 Å². The zero-order valence-electron chi connectivity index (χ0n) is 8.73. The largest absolute Gasteiger partial charge is 0.305 e. The van der Waals surface area contributed by atoms with Crippen molar-refractivity contribution in [3.63, 3.8) is 0 Å². The van der Waals surface area contributed by atoms with Crippen LogP contribution < -0.4 is 5.32 Å². The minimum Gasteiger partial charge on any atom is -0.305 e. The summed E-state index contributed by atoms with van der Waals surface area (Å²) in [6, 6.07) is 4.74. The summed E-state index contributed by atoms with van der Waals surface area (Å²) in [6.45, 7) is 3.07. The van der Waals surface area contributed by atoms with Crippen molar-refractivity contribution in [2.75, 3.05) is 0 Å². The maximum absolute atomic E-state index is 3.93. The Labute approximate surface area is 93.5 Å². The molecule has 0 spiro atoms. The van der Waals surface area contributed by atoms with Gasteiger partial charge in [-0.25, -0.2) is 0 Å². The molecule has 15 heavy (non-hydrogen) atoms. The quantitative estimate of drug-likeness (QED) is 0.815. The lowest BCUT2D eigenvalue weighted by atomic mass is 10.2. The van der Waals surface area contributed by atoms with E-state index in [0.717, 1.165) is 13.0 Å². The third kappa shape index (κ3) is 2.67. The van der Waals surface area contributed by atoms with E-state index in [1.165, 1.54) is 10.4 Å². The molecule has 2 aromatic rings. The Morgan fingerprint density at radius 2 is 2.53 bits per heavy atom. The lowest BCUT2D eigenvalue weighted by molar-refractivity contribution is 0.526. The monoisotopic (exact) mass is 221 g/mol. The summed E-state index contributed by atoms with van der Waals surface area (Å²) < 4.78 is 0. The number of rotatable bonds is 5. The van der Waals surface area contributed by atoms with Crippen molar-refractivity contribution in [1.29, 1.82) is 0 Å². The highest BCUT2D eigenvalue weighted by atomic mass is 32.1. The molecule has 2 rings (SSSR count). The van der Waals surface area contributed by atoms with Gasteiger partial charge in [-0.05, 0) is 17.9 Å². The number of aromatic nitrogens is 2. The van der Waals surface area contributed by atoms with Crippen LogP contribution in [0.5, 0.6) is 0 Å². The summed E-state index contributed by atoms with van der Waals surface area (Å²) in [5.74, 6) is 0. The zero-order valence-corrected chi connectivity index (χ0v) is 9.55. The second kappa shape index (κ2) is 5.09. The minimum atomic E-state index is 0.458. The first-order valence-electron chi connectivity index (χ1n) is 5.14. The van der Waals surface area contributed by atoms with E-state index < -0.39 is 0 Å². The fraction of sp³-hybridized carbons (Fsp3) is 0.364. The first kappa shape index (κ1) is 10.4. The van der Waals surface area contributed by atoms with Gasteiger partial charge in [-0.3, -0.25) is 5.10 Å². The number of hydrogen-bond donors (Lipinski definition) is 2. The number of aromatic amines is 1. The highest BCUT2D eigenvalue weighted by molar-refractivity contribution is 7.10. The van der Waals surface area contributed by atoms with Gasteiger partial charge in [-0.1, -0.05) is 13.0 Å². The van der Waals surface area contributed by atoms with Crippen molar-refractivity contribution < 1.29 is 0 Å². The van der Waals surface area contributed by atoms with E-state index in [9.17, 15) is 0 Å². The summed E-state index contributed by atoms with van der Waals surface area (Å²) in [6.07, 6.45) is 4.89. The SMILES string of the molecule is CCC(NCc1cn[nH]c1)c1cccs1. The summed E-state index contributed by atoms with van der Waals surface area (Å²) in [5.41, 5.74) is 1.20. The van der Waals surface area contributed by atoms with Crippen LogP contribution in [0.25, 0.3) is 0 Å². The van der Waals surface area contributed by atoms with E-state index in [2.05, 4.69) is 40.0 Å². The highest BCUT2D eigenvalue weighted by Crippen LogP contribution is 2.21. The van der Waals surface area contributed by atoms with Gasteiger partial charge in [-0.2, -0.15) is 5.10 Å². The van der Waals surface area contributed by atoms with Crippen LogP contribution in [0, 0.1) is 0 Å². The van der Waals surface area contributed by atoms with Gasteiger partial charge in [0.1, 0.15) is 0 Å². The minimum absolute atomic E-state index is 0.458. The molecule has 0 saturated heterocycles. The molecule has 0 aliphatic rings. The molecule has 0 amide bonds. The zero-order chi connectivity index (χ0) is 10.5. The fourth-order valence-corrected chi connectivity index (χ4v) is 2.44. The summed E-state index contributed by atoms with van der Waals surface area (Å²) in [5, 5.41) is 12.4. The van der Waals surface area contributed by atoms with Crippen LogP contribution in [-0.2, 0) is 6.54 Å². The maximum atomic E-state index is 3.93.